The lowest BCUT2D eigenvalue weighted by molar-refractivity contribution is 0.0618. The minimum atomic E-state index is -0.270. The number of carbonyl (C=O) groups is 2. The molecule has 1 unspecified atom stereocenters. The molecule has 2 aliphatic heterocycles. The van der Waals surface area contributed by atoms with Crippen LogP contribution in [0, 0.1) is 20.8 Å². The summed E-state index contributed by atoms with van der Waals surface area (Å²) in [7, 11) is 0. The van der Waals surface area contributed by atoms with E-state index in [0.717, 1.165) is 27.7 Å². The predicted octanol–water partition coefficient (Wildman–Crippen LogP) is 2.44. The van der Waals surface area contributed by atoms with Crippen LogP contribution in [-0.2, 0) is 4.74 Å². The van der Waals surface area contributed by atoms with E-state index in [-0.39, 0.29) is 18.0 Å². The van der Waals surface area contributed by atoms with Gasteiger partial charge in [0.05, 0.1) is 17.1 Å². The number of pyridine rings is 1. The number of amides is 2. The number of hydrogen-bond acceptors (Lipinski definition) is 4. The van der Waals surface area contributed by atoms with Crippen molar-refractivity contribution in [2.45, 2.75) is 26.8 Å². The van der Waals surface area contributed by atoms with Crippen molar-refractivity contribution in [3.63, 3.8) is 0 Å². The molecule has 0 spiro atoms. The van der Waals surface area contributed by atoms with Crippen molar-refractivity contribution in [1.82, 2.24) is 14.8 Å². The second kappa shape index (κ2) is 5.72. The Labute approximate surface area is 146 Å². The summed E-state index contributed by atoms with van der Waals surface area (Å²) in [5, 5.41) is 0.919. The summed E-state index contributed by atoms with van der Waals surface area (Å²) in [6.45, 7) is 7.89. The van der Waals surface area contributed by atoms with Crippen molar-refractivity contribution in [3.8, 4) is 0 Å². The number of ether oxygens (including phenoxy) is 1. The first kappa shape index (κ1) is 15.9. The molecule has 1 aromatic heterocycles. The second-order valence-electron chi connectivity index (χ2n) is 6.96. The minimum Gasteiger partial charge on any atom is -0.447 e. The summed E-state index contributed by atoms with van der Waals surface area (Å²) in [4.78, 5) is 33.0. The van der Waals surface area contributed by atoms with Gasteiger partial charge in [0.15, 0.2) is 0 Å². The fourth-order valence-corrected chi connectivity index (χ4v) is 3.90. The highest BCUT2D eigenvalue weighted by molar-refractivity contribution is 6.07. The molecule has 1 atom stereocenters. The Kier molecular flexibility index (Phi) is 3.63. The zero-order chi connectivity index (χ0) is 17.7. The topological polar surface area (TPSA) is 62.7 Å². The van der Waals surface area contributed by atoms with Crippen LogP contribution in [0.1, 0.15) is 27.2 Å². The lowest BCUT2D eigenvalue weighted by atomic mass is 9.99. The molecule has 1 aromatic carbocycles. The van der Waals surface area contributed by atoms with Crippen molar-refractivity contribution in [2.24, 2.45) is 0 Å². The summed E-state index contributed by atoms with van der Waals surface area (Å²) in [6, 6.07) is 5.93. The smallest absolute Gasteiger partial charge is 0.410 e. The van der Waals surface area contributed by atoms with Gasteiger partial charge in [-0.3, -0.25) is 14.7 Å². The van der Waals surface area contributed by atoms with Crippen LogP contribution in [0.5, 0.6) is 0 Å². The molecule has 6 nitrogen and oxygen atoms in total. The van der Waals surface area contributed by atoms with E-state index < -0.39 is 0 Å². The number of carbonyl (C=O) groups excluding carboxylic acids is 2. The maximum Gasteiger partial charge on any atom is 0.410 e. The average molecular weight is 339 g/mol. The quantitative estimate of drug-likeness (QED) is 0.800. The number of hydrogen-bond donors (Lipinski definition) is 0. The Hall–Kier alpha value is -2.63. The summed E-state index contributed by atoms with van der Waals surface area (Å²) >= 11 is 0. The molecule has 2 amide bonds. The van der Waals surface area contributed by atoms with E-state index >= 15 is 0 Å². The molecule has 0 aliphatic carbocycles. The van der Waals surface area contributed by atoms with Crippen LogP contribution in [-0.4, -0.2) is 59.1 Å². The fourth-order valence-electron chi connectivity index (χ4n) is 3.90. The van der Waals surface area contributed by atoms with Gasteiger partial charge in [-0.05, 0) is 44.0 Å². The SMILES string of the molecule is Cc1cc(C)c2c(C(=O)N3CCN4C(=O)OCC4C3)cc(C)nc2c1. The van der Waals surface area contributed by atoms with Gasteiger partial charge in [0, 0.05) is 30.7 Å². The molecule has 0 N–H and O–H groups in total. The van der Waals surface area contributed by atoms with Crippen LogP contribution >= 0.6 is 0 Å². The highest BCUT2D eigenvalue weighted by Crippen LogP contribution is 2.26. The number of aryl methyl sites for hydroxylation is 3. The van der Waals surface area contributed by atoms with E-state index in [1.54, 1.807) is 4.90 Å². The molecule has 25 heavy (non-hydrogen) atoms. The first-order valence-corrected chi connectivity index (χ1v) is 8.55. The lowest BCUT2D eigenvalue weighted by Gasteiger charge is -2.35. The van der Waals surface area contributed by atoms with E-state index in [4.69, 9.17) is 4.74 Å². The number of benzene rings is 1. The van der Waals surface area contributed by atoms with Crippen molar-refractivity contribution < 1.29 is 14.3 Å². The molecule has 2 aromatic rings. The largest absolute Gasteiger partial charge is 0.447 e. The average Bonchev–Trinajstić information content (AvgIpc) is 2.93. The molecular weight excluding hydrogens is 318 g/mol. The maximum atomic E-state index is 13.2. The molecule has 3 heterocycles. The third kappa shape index (κ3) is 2.62. The number of cyclic esters (lactones) is 1. The van der Waals surface area contributed by atoms with Crippen LogP contribution in [0.25, 0.3) is 10.9 Å². The molecule has 0 saturated carbocycles. The van der Waals surface area contributed by atoms with Gasteiger partial charge in [-0.25, -0.2) is 4.79 Å². The van der Waals surface area contributed by atoms with E-state index in [0.29, 0.717) is 31.8 Å². The Morgan fingerprint density at radius 2 is 2.00 bits per heavy atom. The summed E-state index contributed by atoms with van der Waals surface area (Å²) in [5.74, 6) is 0.00134. The number of rotatable bonds is 1. The van der Waals surface area contributed by atoms with Crippen LogP contribution in [0.15, 0.2) is 18.2 Å². The maximum absolute atomic E-state index is 13.2. The van der Waals surface area contributed by atoms with Crippen molar-refractivity contribution in [1.29, 1.82) is 0 Å². The molecule has 4 rings (SSSR count). The molecule has 0 bridgehead atoms. The zero-order valence-electron chi connectivity index (χ0n) is 14.7. The highest BCUT2D eigenvalue weighted by atomic mass is 16.6. The molecule has 6 heteroatoms. The van der Waals surface area contributed by atoms with E-state index in [1.807, 2.05) is 37.8 Å². The molecule has 2 fully saturated rings. The third-order valence-electron chi connectivity index (χ3n) is 5.01. The van der Waals surface area contributed by atoms with Crippen LogP contribution in [0.3, 0.4) is 0 Å². The van der Waals surface area contributed by atoms with Gasteiger partial charge in [-0.15, -0.1) is 0 Å². The second-order valence-corrected chi connectivity index (χ2v) is 6.96. The third-order valence-corrected chi connectivity index (χ3v) is 5.01. The Morgan fingerprint density at radius 1 is 1.20 bits per heavy atom. The number of piperazine rings is 1. The van der Waals surface area contributed by atoms with Gasteiger partial charge in [-0.2, -0.15) is 0 Å². The van der Waals surface area contributed by atoms with Crippen molar-refractivity contribution in [3.05, 3.63) is 40.6 Å². The van der Waals surface area contributed by atoms with Gasteiger partial charge in [-0.1, -0.05) is 6.07 Å². The Balaban J connectivity index is 1.72. The van der Waals surface area contributed by atoms with Crippen LogP contribution in [0.4, 0.5) is 4.79 Å². The summed E-state index contributed by atoms with van der Waals surface area (Å²) in [6.07, 6.45) is -0.270. The Bertz CT molecular complexity index is 888. The lowest BCUT2D eigenvalue weighted by Crippen LogP contribution is -2.53. The standard InChI is InChI=1S/C19H21N3O3/c1-11-6-12(2)17-15(8-13(3)20-16(17)7-11)18(23)21-4-5-22-14(9-21)10-25-19(22)24/h6-8,14H,4-5,9-10H2,1-3H3. The molecule has 0 radical (unpaired) electrons. The fraction of sp³-hybridized carbons (Fsp3) is 0.421. The van der Waals surface area contributed by atoms with Crippen LogP contribution in [0.2, 0.25) is 0 Å². The van der Waals surface area contributed by atoms with Crippen molar-refractivity contribution in [2.75, 3.05) is 26.2 Å². The van der Waals surface area contributed by atoms with Gasteiger partial charge < -0.3 is 9.64 Å². The first-order valence-electron chi connectivity index (χ1n) is 8.55. The molecule has 130 valence electrons. The van der Waals surface area contributed by atoms with Crippen molar-refractivity contribution >= 4 is 22.9 Å². The van der Waals surface area contributed by atoms with Crippen LogP contribution < -0.4 is 0 Å². The molecule has 2 saturated heterocycles. The Morgan fingerprint density at radius 3 is 2.80 bits per heavy atom. The predicted molar refractivity (Wildman–Crippen MR) is 93.7 cm³/mol. The number of nitrogens with zero attached hydrogens (tertiary/aromatic N) is 3. The number of aromatic nitrogens is 1. The van der Waals surface area contributed by atoms with Gasteiger partial charge in [0.25, 0.3) is 5.91 Å². The van der Waals surface area contributed by atoms with Gasteiger partial charge in [0.1, 0.15) is 6.61 Å². The minimum absolute atomic E-state index is 0.00134. The van der Waals surface area contributed by atoms with E-state index in [1.165, 1.54) is 0 Å². The van der Waals surface area contributed by atoms with E-state index in [9.17, 15) is 9.59 Å². The summed E-state index contributed by atoms with van der Waals surface area (Å²) < 4.78 is 5.09. The summed E-state index contributed by atoms with van der Waals surface area (Å²) in [5.41, 5.74) is 4.58. The van der Waals surface area contributed by atoms with E-state index in [2.05, 4.69) is 11.1 Å². The van der Waals surface area contributed by atoms with Gasteiger partial charge >= 0.3 is 6.09 Å². The molecular formula is C19H21N3O3. The highest BCUT2D eigenvalue weighted by Gasteiger charge is 2.39. The van der Waals surface area contributed by atoms with Gasteiger partial charge in [0.2, 0.25) is 0 Å². The normalized spacial score (nSPS) is 20.0. The number of fused-ring (bicyclic) bond motifs is 2. The zero-order valence-corrected chi connectivity index (χ0v) is 14.7. The first-order chi connectivity index (χ1) is 11.9. The monoisotopic (exact) mass is 339 g/mol. The molecule has 2 aliphatic rings.